The SMILES string of the molecule is COCCCNC(=O)c1ccc(N2CCCCC2)c(NS(=O)(=O)c2ccc(C)cc2)c1. The number of carbonyl (C=O) groups excluding carboxylic acids is 1. The molecule has 0 aromatic heterocycles. The van der Waals surface area contributed by atoms with Crippen molar-refractivity contribution in [2.24, 2.45) is 0 Å². The summed E-state index contributed by atoms with van der Waals surface area (Å²) in [6.07, 6.45) is 4.00. The van der Waals surface area contributed by atoms with E-state index in [1.54, 1.807) is 43.5 Å². The fraction of sp³-hybridized carbons (Fsp3) is 0.435. The van der Waals surface area contributed by atoms with Gasteiger partial charge in [0.25, 0.3) is 15.9 Å². The number of aryl methyl sites for hydroxylation is 1. The molecule has 0 unspecified atom stereocenters. The summed E-state index contributed by atoms with van der Waals surface area (Å²) < 4.78 is 33.8. The molecule has 31 heavy (non-hydrogen) atoms. The van der Waals surface area contributed by atoms with Gasteiger partial charge in [0, 0.05) is 38.9 Å². The van der Waals surface area contributed by atoms with Crippen molar-refractivity contribution in [3.63, 3.8) is 0 Å². The van der Waals surface area contributed by atoms with E-state index in [0.717, 1.165) is 37.2 Å². The smallest absolute Gasteiger partial charge is 0.261 e. The molecule has 0 bridgehead atoms. The van der Waals surface area contributed by atoms with Crippen LogP contribution in [0.2, 0.25) is 0 Å². The average molecular weight is 446 g/mol. The molecule has 7 nitrogen and oxygen atoms in total. The van der Waals surface area contributed by atoms with Gasteiger partial charge in [-0.15, -0.1) is 0 Å². The molecule has 8 heteroatoms. The molecule has 0 radical (unpaired) electrons. The van der Waals surface area contributed by atoms with E-state index in [2.05, 4.69) is 14.9 Å². The fourth-order valence-electron chi connectivity index (χ4n) is 3.61. The lowest BCUT2D eigenvalue weighted by Crippen LogP contribution is -2.31. The van der Waals surface area contributed by atoms with Gasteiger partial charge in [-0.3, -0.25) is 9.52 Å². The summed E-state index contributed by atoms with van der Waals surface area (Å²) >= 11 is 0. The highest BCUT2D eigenvalue weighted by Crippen LogP contribution is 2.31. The summed E-state index contributed by atoms with van der Waals surface area (Å²) in [6.45, 7) is 4.69. The number of hydrogen-bond donors (Lipinski definition) is 2. The molecule has 1 aliphatic heterocycles. The number of hydrogen-bond acceptors (Lipinski definition) is 5. The number of ether oxygens (including phenoxy) is 1. The van der Waals surface area contributed by atoms with Crippen LogP contribution in [0, 0.1) is 6.92 Å². The normalized spacial score (nSPS) is 14.3. The Morgan fingerprint density at radius 2 is 1.77 bits per heavy atom. The van der Waals surface area contributed by atoms with Gasteiger partial charge in [-0.25, -0.2) is 8.42 Å². The molecule has 1 fully saturated rings. The van der Waals surface area contributed by atoms with Crippen molar-refractivity contribution >= 4 is 27.3 Å². The molecule has 1 saturated heterocycles. The predicted molar refractivity (Wildman–Crippen MR) is 123 cm³/mol. The first kappa shape index (κ1) is 23.1. The van der Waals surface area contributed by atoms with Crippen LogP contribution < -0.4 is 14.9 Å². The Hall–Kier alpha value is -2.58. The number of rotatable bonds is 9. The molecule has 168 valence electrons. The van der Waals surface area contributed by atoms with E-state index in [-0.39, 0.29) is 10.8 Å². The standard InChI is InChI=1S/C23H31N3O4S/c1-18-7-10-20(11-8-18)31(28,29)25-21-17-19(23(27)24-13-6-16-30-2)9-12-22(21)26-14-4-3-5-15-26/h7-12,17,25H,3-6,13-16H2,1-2H3,(H,24,27). The Labute approximate surface area is 184 Å². The molecule has 3 rings (SSSR count). The van der Waals surface area contributed by atoms with Gasteiger partial charge >= 0.3 is 0 Å². The van der Waals surface area contributed by atoms with Crippen LogP contribution in [-0.2, 0) is 14.8 Å². The maximum atomic E-state index is 13.0. The van der Waals surface area contributed by atoms with Crippen LogP contribution in [0.15, 0.2) is 47.4 Å². The van der Waals surface area contributed by atoms with Crippen molar-refractivity contribution < 1.29 is 17.9 Å². The third-order valence-electron chi connectivity index (χ3n) is 5.34. The first-order valence-electron chi connectivity index (χ1n) is 10.7. The minimum atomic E-state index is -3.78. The number of nitrogens with one attached hydrogen (secondary N) is 2. The van der Waals surface area contributed by atoms with Crippen LogP contribution in [0.25, 0.3) is 0 Å². The number of methoxy groups -OCH3 is 1. The molecule has 1 heterocycles. The maximum absolute atomic E-state index is 13.0. The maximum Gasteiger partial charge on any atom is 0.261 e. The lowest BCUT2D eigenvalue weighted by atomic mass is 10.1. The van der Waals surface area contributed by atoms with Crippen molar-refractivity contribution in [3.8, 4) is 0 Å². The number of anilines is 2. The van der Waals surface area contributed by atoms with Gasteiger partial charge in [0.1, 0.15) is 0 Å². The van der Waals surface area contributed by atoms with Gasteiger partial charge in [-0.1, -0.05) is 17.7 Å². The van der Waals surface area contributed by atoms with Gasteiger partial charge in [0.2, 0.25) is 0 Å². The van der Waals surface area contributed by atoms with Crippen LogP contribution in [0.3, 0.4) is 0 Å². The van der Waals surface area contributed by atoms with E-state index >= 15 is 0 Å². The Morgan fingerprint density at radius 3 is 2.45 bits per heavy atom. The lowest BCUT2D eigenvalue weighted by molar-refractivity contribution is 0.0948. The van der Waals surface area contributed by atoms with Crippen LogP contribution in [0.1, 0.15) is 41.6 Å². The Bertz CT molecular complexity index is 984. The zero-order valence-electron chi connectivity index (χ0n) is 18.2. The Kier molecular flexibility index (Phi) is 7.92. The first-order chi connectivity index (χ1) is 14.9. The highest BCUT2D eigenvalue weighted by atomic mass is 32.2. The van der Waals surface area contributed by atoms with Gasteiger partial charge < -0.3 is 15.0 Å². The molecule has 0 aliphatic carbocycles. The van der Waals surface area contributed by atoms with Crippen LogP contribution in [0.5, 0.6) is 0 Å². The van der Waals surface area contributed by atoms with Crippen LogP contribution in [-0.4, -0.2) is 47.7 Å². The molecule has 0 saturated carbocycles. The Morgan fingerprint density at radius 1 is 1.06 bits per heavy atom. The van der Waals surface area contributed by atoms with Gasteiger partial charge in [-0.05, 0) is 62.9 Å². The van der Waals surface area contributed by atoms with Gasteiger partial charge in [0.15, 0.2) is 0 Å². The van der Waals surface area contributed by atoms with Crippen LogP contribution >= 0.6 is 0 Å². The average Bonchev–Trinajstić information content (AvgIpc) is 2.77. The van der Waals surface area contributed by atoms with Gasteiger partial charge in [0.05, 0.1) is 16.3 Å². The summed E-state index contributed by atoms with van der Waals surface area (Å²) in [5.74, 6) is -0.239. The molecule has 0 atom stereocenters. The van der Waals surface area contributed by atoms with E-state index < -0.39 is 10.0 Å². The second-order valence-electron chi connectivity index (χ2n) is 7.80. The number of nitrogens with zero attached hydrogens (tertiary/aromatic N) is 1. The minimum absolute atomic E-state index is 0.192. The number of benzene rings is 2. The van der Waals surface area contributed by atoms with E-state index in [1.165, 1.54) is 6.42 Å². The van der Waals surface area contributed by atoms with Crippen molar-refractivity contribution in [1.29, 1.82) is 0 Å². The summed E-state index contributed by atoms with van der Waals surface area (Å²) in [5.41, 5.74) is 2.62. The molecule has 2 aromatic rings. The summed E-state index contributed by atoms with van der Waals surface area (Å²) in [4.78, 5) is 14.9. The van der Waals surface area contributed by atoms with Crippen LogP contribution in [0.4, 0.5) is 11.4 Å². The van der Waals surface area contributed by atoms with E-state index in [9.17, 15) is 13.2 Å². The molecular formula is C23H31N3O4S. The van der Waals surface area contributed by atoms with E-state index in [1.807, 2.05) is 13.0 Å². The fourth-order valence-corrected chi connectivity index (χ4v) is 4.68. The molecular weight excluding hydrogens is 414 g/mol. The lowest BCUT2D eigenvalue weighted by Gasteiger charge is -2.31. The number of piperidine rings is 1. The molecule has 0 spiro atoms. The molecule has 2 aromatic carbocycles. The van der Waals surface area contributed by atoms with Crippen molar-refractivity contribution in [2.75, 3.05) is 43.0 Å². The zero-order chi connectivity index (χ0) is 22.3. The Balaban J connectivity index is 1.88. The number of carbonyl (C=O) groups is 1. The second-order valence-corrected chi connectivity index (χ2v) is 9.48. The molecule has 1 aliphatic rings. The van der Waals surface area contributed by atoms with Gasteiger partial charge in [-0.2, -0.15) is 0 Å². The highest BCUT2D eigenvalue weighted by Gasteiger charge is 2.21. The number of amides is 1. The van der Waals surface area contributed by atoms with E-state index in [0.29, 0.717) is 30.8 Å². The largest absolute Gasteiger partial charge is 0.385 e. The number of sulfonamides is 1. The highest BCUT2D eigenvalue weighted by molar-refractivity contribution is 7.92. The summed E-state index contributed by atoms with van der Waals surface area (Å²) in [5, 5.41) is 2.85. The van der Waals surface area contributed by atoms with Crippen molar-refractivity contribution in [3.05, 3.63) is 53.6 Å². The van der Waals surface area contributed by atoms with Crippen molar-refractivity contribution in [1.82, 2.24) is 5.32 Å². The monoisotopic (exact) mass is 445 g/mol. The summed E-state index contributed by atoms with van der Waals surface area (Å²) in [7, 11) is -2.16. The zero-order valence-corrected chi connectivity index (χ0v) is 19.0. The van der Waals surface area contributed by atoms with Crippen molar-refractivity contribution in [2.45, 2.75) is 37.5 Å². The molecule has 2 N–H and O–H groups in total. The third kappa shape index (κ3) is 6.21. The topological polar surface area (TPSA) is 87.7 Å². The predicted octanol–water partition coefficient (Wildman–Crippen LogP) is 3.55. The van der Waals surface area contributed by atoms with E-state index in [4.69, 9.17) is 4.74 Å². The minimum Gasteiger partial charge on any atom is -0.385 e. The third-order valence-corrected chi connectivity index (χ3v) is 6.72. The quantitative estimate of drug-likeness (QED) is 0.577. The first-order valence-corrected chi connectivity index (χ1v) is 12.1. The summed E-state index contributed by atoms with van der Waals surface area (Å²) in [6, 6.07) is 11.9. The second kappa shape index (κ2) is 10.6. The molecule has 1 amide bonds.